The SMILES string of the molecule is O=C(c1ccncc1F)N1C2CC1CN(c1ccnc(F)c1)C2. The molecule has 5 heterocycles. The Morgan fingerprint density at radius 3 is 2.65 bits per heavy atom. The summed E-state index contributed by atoms with van der Waals surface area (Å²) in [5.74, 6) is -1.42. The Morgan fingerprint density at radius 2 is 1.96 bits per heavy atom. The lowest BCUT2D eigenvalue weighted by atomic mass is 9.86. The molecule has 118 valence electrons. The van der Waals surface area contributed by atoms with Crippen molar-refractivity contribution in [2.45, 2.75) is 18.5 Å². The number of hydrogen-bond donors (Lipinski definition) is 0. The van der Waals surface area contributed by atoms with Gasteiger partial charge in [-0.25, -0.2) is 9.37 Å². The predicted octanol–water partition coefficient (Wildman–Crippen LogP) is 1.86. The van der Waals surface area contributed by atoms with Crippen LogP contribution in [0.5, 0.6) is 0 Å². The van der Waals surface area contributed by atoms with Crippen molar-refractivity contribution in [3.63, 3.8) is 0 Å². The van der Waals surface area contributed by atoms with Crippen LogP contribution in [-0.4, -0.2) is 45.9 Å². The Morgan fingerprint density at radius 1 is 1.17 bits per heavy atom. The fourth-order valence-electron chi connectivity index (χ4n) is 3.43. The van der Waals surface area contributed by atoms with Crippen LogP contribution in [0.1, 0.15) is 16.8 Å². The molecule has 3 saturated heterocycles. The molecule has 3 aliphatic heterocycles. The lowest BCUT2D eigenvalue weighted by Gasteiger charge is -2.56. The Hall–Kier alpha value is -2.57. The first-order valence-electron chi connectivity index (χ1n) is 7.42. The number of piperazine rings is 1. The molecule has 0 aliphatic carbocycles. The van der Waals surface area contributed by atoms with Gasteiger partial charge in [0.15, 0.2) is 5.82 Å². The maximum Gasteiger partial charge on any atom is 0.257 e. The third kappa shape index (κ3) is 2.32. The molecule has 2 aromatic heterocycles. The first-order valence-corrected chi connectivity index (χ1v) is 7.42. The van der Waals surface area contributed by atoms with Crippen molar-refractivity contribution < 1.29 is 13.6 Å². The molecular formula is C16H14F2N4O. The number of fused-ring (bicyclic) bond motifs is 2. The maximum absolute atomic E-state index is 13.8. The Balaban J connectivity index is 1.52. The van der Waals surface area contributed by atoms with Gasteiger partial charge in [0.2, 0.25) is 5.95 Å². The van der Waals surface area contributed by atoms with Crippen molar-refractivity contribution in [1.82, 2.24) is 14.9 Å². The minimum atomic E-state index is -0.601. The number of amides is 1. The highest BCUT2D eigenvalue weighted by molar-refractivity contribution is 5.95. The zero-order valence-electron chi connectivity index (χ0n) is 12.2. The number of piperidine rings is 1. The molecule has 5 nitrogen and oxygen atoms in total. The van der Waals surface area contributed by atoms with E-state index in [1.807, 2.05) is 4.90 Å². The first kappa shape index (κ1) is 14.0. The summed E-state index contributed by atoms with van der Waals surface area (Å²) in [4.78, 5) is 23.5. The van der Waals surface area contributed by atoms with E-state index in [-0.39, 0.29) is 23.6 Å². The molecule has 2 bridgehead atoms. The van der Waals surface area contributed by atoms with Crippen LogP contribution in [0, 0.1) is 11.8 Å². The van der Waals surface area contributed by atoms with Crippen LogP contribution in [0.25, 0.3) is 0 Å². The molecule has 23 heavy (non-hydrogen) atoms. The van der Waals surface area contributed by atoms with E-state index in [1.54, 1.807) is 11.0 Å². The normalized spacial score (nSPS) is 22.7. The summed E-state index contributed by atoms with van der Waals surface area (Å²) in [7, 11) is 0. The zero-order chi connectivity index (χ0) is 16.0. The van der Waals surface area contributed by atoms with Gasteiger partial charge in [-0.1, -0.05) is 0 Å². The van der Waals surface area contributed by atoms with Crippen molar-refractivity contribution in [2.24, 2.45) is 0 Å². The van der Waals surface area contributed by atoms with Crippen molar-refractivity contribution in [2.75, 3.05) is 18.0 Å². The van der Waals surface area contributed by atoms with Crippen LogP contribution in [0.4, 0.5) is 14.5 Å². The standard InChI is InChI=1S/C16H14F2N4O/c17-14-7-19-3-2-13(14)16(23)22-11-5-12(22)9-21(8-11)10-1-4-20-15(18)6-10/h1-4,6-7,11-12H,5,8-9H2. The third-order valence-corrected chi connectivity index (χ3v) is 4.51. The maximum atomic E-state index is 13.8. The molecule has 0 saturated carbocycles. The second-order valence-corrected chi connectivity index (χ2v) is 5.85. The summed E-state index contributed by atoms with van der Waals surface area (Å²) in [6.45, 7) is 1.22. The summed E-state index contributed by atoms with van der Waals surface area (Å²) in [5, 5.41) is 0. The second kappa shape index (κ2) is 5.26. The highest BCUT2D eigenvalue weighted by Gasteiger charge is 2.47. The van der Waals surface area contributed by atoms with E-state index >= 15 is 0 Å². The Bertz CT molecular complexity index is 757. The summed E-state index contributed by atoms with van der Waals surface area (Å²) in [5.41, 5.74) is 0.812. The summed E-state index contributed by atoms with van der Waals surface area (Å²) >= 11 is 0. The van der Waals surface area contributed by atoms with Gasteiger partial charge in [-0.3, -0.25) is 9.78 Å². The van der Waals surface area contributed by atoms with Gasteiger partial charge in [0, 0.05) is 37.2 Å². The molecule has 0 N–H and O–H groups in total. The number of carbonyl (C=O) groups excluding carboxylic acids is 1. The van der Waals surface area contributed by atoms with Crippen LogP contribution >= 0.6 is 0 Å². The second-order valence-electron chi connectivity index (χ2n) is 5.85. The number of aromatic nitrogens is 2. The number of carbonyl (C=O) groups is 1. The van der Waals surface area contributed by atoms with Gasteiger partial charge in [-0.05, 0) is 18.6 Å². The van der Waals surface area contributed by atoms with Gasteiger partial charge < -0.3 is 9.80 Å². The topological polar surface area (TPSA) is 49.3 Å². The average Bonchev–Trinajstić information content (AvgIpc) is 2.55. The number of halogens is 2. The highest BCUT2D eigenvalue weighted by atomic mass is 19.1. The summed E-state index contributed by atoms with van der Waals surface area (Å²) < 4.78 is 27.0. The molecule has 3 aliphatic rings. The van der Waals surface area contributed by atoms with Crippen molar-refractivity contribution in [1.29, 1.82) is 0 Å². The number of rotatable bonds is 2. The van der Waals surface area contributed by atoms with Gasteiger partial charge in [0.25, 0.3) is 5.91 Å². The smallest absolute Gasteiger partial charge is 0.257 e. The van der Waals surface area contributed by atoms with E-state index in [2.05, 4.69) is 9.97 Å². The zero-order valence-corrected chi connectivity index (χ0v) is 12.2. The quantitative estimate of drug-likeness (QED) is 0.794. The number of hydrogen-bond acceptors (Lipinski definition) is 4. The van der Waals surface area contributed by atoms with Gasteiger partial charge >= 0.3 is 0 Å². The summed E-state index contributed by atoms with van der Waals surface area (Å²) in [6, 6.07) is 4.58. The van der Waals surface area contributed by atoms with E-state index in [1.165, 1.54) is 24.5 Å². The van der Waals surface area contributed by atoms with Crippen LogP contribution in [0.3, 0.4) is 0 Å². The Labute approximate surface area is 131 Å². The molecule has 0 radical (unpaired) electrons. The first-order chi connectivity index (χ1) is 11.1. The fraction of sp³-hybridized carbons (Fsp3) is 0.312. The predicted molar refractivity (Wildman–Crippen MR) is 79.0 cm³/mol. The van der Waals surface area contributed by atoms with Gasteiger partial charge in [-0.15, -0.1) is 0 Å². The molecule has 7 heteroatoms. The number of pyridine rings is 2. The molecule has 2 aromatic rings. The third-order valence-electron chi connectivity index (χ3n) is 4.51. The minimum absolute atomic E-state index is 0.0186. The number of anilines is 1. The van der Waals surface area contributed by atoms with Crippen LogP contribution < -0.4 is 4.90 Å². The molecular weight excluding hydrogens is 302 g/mol. The van der Waals surface area contributed by atoms with E-state index in [0.717, 1.165) is 18.3 Å². The molecule has 1 amide bonds. The van der Waals surface area contributed by atoms with Crippen LogP contribution in [-0.2, 0) is 0 Å². The molecule has 2 atom stereocenters. The van der Waals surface area contributed by atoms with Gasteiger partial charge in [0.05, 0.1) is 23.8 Å². The molecule has 0 aromatic carbocycles. The largest absolute Gasteiger partial charge is 0.367 e. The lowest BCUT2D eigenvalue weighted by molar-refractivity contribution is 0.00551. The average molecular weight is 316 g/mol. The summed E-state index contributed by atoms with van der Waals surface area (Å²) in [6.07, 6.45) is 4.79. The fourth-order valence-corrected chi connectivity index (χ4v) is 3.43. The van der Waals surface area contributed by atoms with Crippen molar-refractivity contribution in [3.05, 3.63) is 54.1 Å². The molecule has 5 rings (SSSR count). The van der Waals surface area contributed by atoms with Gasteiger partial charge in [-0.2, -0.15) is 4.39 Å². The minimum Gasteiger partial charge on any atom is -0.367 e. The highest BCUT2D eigenvalue weighted by Crippen LogP contribution is 2.36. The van der Waals surface area contributed by atoms with Crippen molar-refractivity contribution in [3.8, 4) is 0 Å². The molecule has 0 spiro atoms. The molecule has 3 fully saturated rings. The van der Waals surface area contributed by atoms with E-state index < -0.39 is 11.8 Å². The van der Waals surface area contributed by atoms with Crippen LogP contribution in [0.2, 0.25) is 0 Å². The molecule has 2 unspecified atom stereocenters. The van der Waals surface area contributed by atoms with Gasteiger partial charge in [0.1, 0.15) is 0 Å². The number of nitrogens with zero attached hydrogens (tertiary/aromatic N) is 4. The van der Waals surface area contributed by atoms with Crippen LogP contribution in [0.15, 0.2) is 36.8 Å². The lowest BCUT2D eigenvalue weighted by Crippen LogP contribution is -2.70. The van der Waals surface area contributed by atoms with Crippen molar-refractivity contribution >= 4 is 11.6 Å². The van der Waals surface area contributed by atoms with E-state index in [0.29, 0.717) is 13.1 Å². The van der Waals surface area contributed by atoms with E-state index in [9.17, 15) is 13.6 Å². The Kier molecular flexibility index (Phi) is 3.21. The van der Waals surface area contributed by atoms with E-state index in [4.69, 9.17) is 0 Å². The monoisotopic (exact) mass is 316 g/mol.